The lowest BCUT2D eigenvalue weighted by molar-refractivity contribution is -0.131. The van der Waals surface area contributed by atoms with Crippen molar-refractivity contribution in [2.45, 2.75) is 6.42 Å². The Balaban J connectivity index is 2.10. The first-order valence-electron chi connectivity index (χ1n) is 6.44. The second-order valence-electron chi connectivity index (χ2n) is 4.49. The van der Waals surface area contributed by atoms with Crippen LogP contribution >= 0.6 is 0 Å². The van der Waals surface area contributed by atoms with E-state index < -0.39 is 0 Å². The molecule has 1 aliphatic heterocycles. The van der Waals surface area contributed by atoms with Gasteiger partial charge in [0.1, 0.15) is 11.5 Å². The molecule has 0 saturated carbocycles. The summed E-state index contributed by atoms with van der Waals surface area (Å²) in [5.74, 6) is 1.60. The molecular weight excluding hydrogens is 244 g/mol. The van der Waals surface area contributed by atoms with Gasteiger partial charge in [0, 0.05) is 31.7 Å². The summed E-state index contributed by atoms with van der Waals surface area (Å²) < 4.78 is 10.5. The molecular formula is C14H20N2O3. The normalized spacial score (nSPS) is 15.2. The molecule has 104 valence electrons. The van der Waals surface area contributed by atoms with Crippen molar-refractivity contribution in [1.29, 1.82) is 0 Å². The molecule has 0 atom stereocenters. The smallest absolute Gasteiger partial charge is 0.227 e. The molecule has 5 nitrogen and oxygen atoms in total. The van der Waals surface area contributed by atoms with Gasteiger partial charge in [0.25, 0.3) is 0 Å². The predicted octanol–water partition coefficient (Wildman–Crippen LogP) is 0.678. The lowest BCUT2D eigenvalue weighted by Crippen LogP contribution is -2.46. The molecule has 1 amide bonds. The highest BCUT2D eigenvalue weighted by Gasteiger charge is 2.18. The standard InChI is InChI=1S/C14H20N2O3/c1-18-12-3-4-13(19-2)11(9-12)10-14(17)16-7-5-15-6-8-16/h3-4,9,15H,5-8,10H2,1-2H3. The summed E-state index contributed by atoms with van der Waals surface area (Å²) in [6, 6.07) is 5.52. The summed E-state index contributed by atoms with van der Waals surface area (Å²) in [7, 11) is 3.23. The number of carbonyl (C=O) groups is 1. The molecule has 0 radical (unpaired) electrons. The lowest BCUT2D eigenvalue weighted by atomic mass is 10.1. The third-order valence-electron chi connectivity index (χ3n) is 3.30. The van der Waals surface area contributed by atoms with Crippen molar-refractivity contribution in [3.05, 3.63) is 23.8 Å². The summed E-state index contributed by atoms with van der Waals surface area (Å²) in [5, 5.41) is 3.24. The van der Waals surface area contributed by atoms with Crippen LogP contribution in [0.1, 0.15) is 5.56 Å². The van der Waals surface area contributed by atoms with Crippen molar-refractivity contribution in [2.24, 2.45) is 0 Å². The maximum absolute atomic E-state index is 12.2. The highest BCUT2D eigenvalue weighted by molar-refractivity contribution is 5.79. The highest BCUT2D eigenvalue weighted by Crippen LogP contribution is 2.24. The molecule has 5 heteroatoms. The molecule has 1 saturated heterocycles. The van der Waals surface area contributed by atoms with Crippen LogP contribution in [0, 0.1) is 0 Å². The Hall–Kier alpha value is -1.75. The molecule has 0 aromatic heterocycles. The minimum atomic E-state index is 0.132. The molecule has 0 bridgehead atoms. The summed E-state index contributed by atoms with van der Waals surface area (Å²) in [5.41, 5.74) is 0.866. The second-order valence-corrected chi connectivity index (χ2v) is 4.49. The summed E-state index contributed by atoms with van der Waals surface area (Å²) >= 11 is 0. The Morgan fingerprint density at radius 3 is 2.63 bits per heavy atom. The number of carbonyl (C=O) groups excluding carboxylic acids is 1. The van der Waals surface area contributed by atoms with Gasteiger partial charge in [-0.1, -0.05) is 0 Å². The monoisotopic (exact) mass is 264 g/mol. The number of benzene rings is 1. The van der Waals surface area contributed by atoms with Gasteiger partial charge in [-0.3, -0.25) is 4.79 Å². The number of hydrogen-bond acceptors (Lipinski definition) is 4. The predicted molar refractivity (Wildman–Crippen MR) is 72.7 cm³/mol. The Kier molecular flexibility index (Phi) is 4.63. The maximum Gasteiger partial charge on any atom is 0.227 e. The SMILES string of the molecule is COc1ccc(OC)c(CC(=O)N2CCNCC2)c1. The van der Waals surface area contributed by atoms with E-state index in [0.29, 0.717) is 6.42 Å². The zero-order valence-electron chi connectivity index (χ0n) is 11.4. The van der Waals surface area contributed by atoms with Gasteiger partial charge >= 0.3 is 0 Å². The van der Waals surface area contributed by atoms with Gasteiger partial charge in [-0.2, -0.15) is 0 Å². The van der Waals surface area contributed by atoms with Crippen LogP contribution in [0.2, 0.25) is 0 Å². The van der Waals surface area contributed by atoms with Gasteiger partial charge in [0.2, 0.25) is 5.91 Å². The zero-order valence-corrected chi connectivity index (χ0v) is 11.4. The van der Waals surface area contributed by atoms with Gasteiger partial charge in [0.15, 0.2) is 0 Å². The Bertz CT molecular complexity index is 442. The molecule has 1 aromatic rings. The van der Waals surface area contributed by atoms with Crippen molar-refractivity contribution in [2.75, 3.05) is 40.4 Å². The third kappa shape index (κ3) is 3.38. The number of amides is 1. The first kappa shape index (κ1) is 13.7. The highest BCUT2D eigenvalue weighted by atomic mass is 16.5. The van der Waals surface area contributed by atoms with E-state index in [-0.39, 0.29) is 5.91 Å². The molecule has 0 spiro atoms. The molecule has 1 aliphatic rings. The van der Waals surface area contributed by atoms with Crippen LogP contribution in [0.3, 0.4) is 0 Å². The van der Waals surface area contributed by atoms with Crippen LogP contribution in [-0.2, 0) is 11.2 Å². The van der Waals surface area contributed by atoms with Crippen molar-refractivity contribution in [1.82, 2.24) is 10.2 Å². The van der Waals surface area contributed by atoms with E-state index in [0.717, 1.165) is 43.2 Å². The van der Waals surface area contributed by atoms with E-state index in [1.807, 2.05) is 23.1 Å². The van der Waals surface area contributed by atoms with E-state index in [2.05, 4.69) is 5.32 Å². The van der Waals surface area contributed by atoms with Gasteiger partial charge < -0.3 is 19.7 Å². The van der Waals surface area contributed by atoms with E-state index in [1.165, 1.54) is 0 Å². The average molecular weight is 264 g/mol. The van der Waals surface area contributed by atoms with Gasteiger partial charge in [-0.05, 0) is 18.2 Å². The Morgan fingerprint density at radius 2 is 2.00 bits per heavy atom. The Labute approximate surface area is 113 Å². The molecule has 2 rings (SSSR count). The third-order valence-corrected chi connectivity index (χ3v) is 3.30. The first-order chi connectivity index (χ1) is 9.24. The summed E-state index contributed by atoms with van der Waals surface area (Å²) in [6.07, 6.45) is 0.348. The van der Waals surface area contributed by atoms with Crippen molar-refractivity contribution in [3.8, 4) is 11.5 Å². The molecule has 1 fully saturated rings. The van der Waals surface area contributed by atoms with Crippen LogP contribution in [0.25, 0.3) is 0 Å². The van der Waals surface area contributed by atoms with E-state index in [1.54, 1.807) is 14.2 Å². The van der Waals surface area contributed by atoms with Crippen molar-refractivity contribution >= 4 is 5.91 Å². The number of ether oxygens (including phenoxy) is 2. The lowest BCUT2D eigenvalue weighted by Gasteiger charge is -2.27. The van der Waals surface area contributed by atoms with Gasteiger partial charge in [0.05, 0.1) is 20.6 Å². The van der Waals surface area contributed by atoms with Gasteiger partial charge in [-0.15, -0.1) is 0 Å². The second kappa shape index (κ2) is 6.43. The van der Waals surface area contributed by atoms with E-state index in [9.17, 15) is 4.79 Å². The molecule has 0 aliphatic carbocycles. The average Bonchev–Trinajstić information content (AvgIpc) is 2.48. The quantitative estimate of drug-likeness (QED) is 0.869. The number of rotatable bonds is 4. The summed E-state index contributed by atoms with van der Waals surface area (Å²) in [6.45, 7) is 3.26. The number of piperazine rings is 1. The fraction of sp³-hybridized carbons (Fsp3) is 0.500. The van der Waals surface area contributed by atoms with Crippen LogP contribution in [0.4, 0.5) is 0 Å². The van der Waals surface area contributed by atoms with E-state index >= 15 is 0 Å². The van der Waals surface area contributed by atoms with Crippen molar-refractivity contribution < 1.29 is 14.3 Å². The van der Waals surface area contributed by atoms with Crippen LogP contribution in [-0.4, -0.2) is 51.2 Å². The largest absolute Gasteiger partial charge is 0.497 e. The summed E-state index contributed by atoms with van der Waals surface area (Å²) in [4.78, 5) is 14.1. The molecule has 0 unspecified atom stereocenters. The molecule has 19 heavy (non-hydrogen) atoms. The fourth-order valence-electron chi connectivity index (χ4n) is 2.21. The number of methoxy groups -OCH3 is 2. The van der Waals surface area contributed by atoms with Gasteiger partial charge in [-0.25, -0.2) is 0 Å². The number of hydrogen-bond donors (Lipinski definition) is 1. The molecule has 1 heterocycles. The minimum Gasteiger partial charge on any atom is -0.497 e. The zero-order chi connectivity index (χ0) is 13.7. The minimum absolute atomic E-state index is 0.132. The Morgan fingerprint density at radius 1 is 1.26 bits per heavy atom. The van der Waals surface area contributed by atoms with Crippen LogP contribution < -0.4 is 14.8 Å². The maximum atomic E-state index is 12.2. The first-order valence-corrected chi connectivity index (χ1v) is 6.44. The van der Waals surface area contributed by atoms with E-state index in [4.69, 9.17) is 9.47 Å². The molecule has 1 aromatic carbocycles. The fourth-order valence-corrected chi connectivity index (χ4v) is 2.21. The molecule has 1 N–H and O–H groups in total. The number of nitrogens with zero attached hydrogens (tertiary/aromatic N) is 1. The van der Waals surface area contributed by atoms with Crippen LogP contribution in [0.5, 0.6) is 11.5 Å². The number of nitrogens with one attached hydrogen (secondary N) is 1. The van der Waals surface area contributed by atoms with Crippen molar-refractivity contribution in [3.63, 3.8) is 0 Å². The van der Waals surface area contributed by atoms with Crippen LogP contribution in [0.15, 0.2) is 18.2 Å². The topological polar surface area (TPSA) is 50.8 Å².